The average Bonchev–Trinajstić information content (AvgIpc) is 2.62. The molecule has 1 saturated carbocycles. The van der Waals surface area contributed by atoms with Crippen LogP contribution < -0.4 is 0 Å². The van der Waals surface area contributed by atoms with E-state index in [0.29, 0.717) is 5.76 Å². The summed E-state index contributed by atoms with van der Waals surface area (Å²) in [4.78, 5) is 0. The minimum Gasteiger partial charge on any atom is -0.464 e. The van der Waals surface area contributed by atoms with E-state index in [4.69, 9.17) is 4.42 Å². The highest BCUT2D eigenvalue weighted by atomic mass is 16.4. The van der Waals surface area contributed by atoms with Crippen molar-refractivity contribution in [1.82, 2.24) is 0 Å². The standard InChI is InChI=1S/C10H14O2/c1-7-3-4-8(12-7)9(11)10(2)5-6-10/h3-4,9,11H,5-6H2,1-2H3. The second-order valence-electron chi connectivity index (χ2n) is 4.00. The first-order valence-electron chi connectivity index (χ1n) is 4.36. The van der Waals surface area contributed by atoms with Gasteiger partial charge in [0, 0.05) is 5.41 Å². The quantitative estimate of drug-likeness (QED) is 0.732. The third kappa shape index (κ3) is 1.16. The first kappa shape index (κ1) is 7.87. The van der Waals surface area contributed by atoms with Gasteiger partial charge in [-0.2, -0.15) is 0 Å². The molecular formula is C10H14O2. The van der Waals surface area contributed by atoms with E-state index < -0.39 is 6.10 Å². The van der Waals surface area contributed by atoms with E-state index in [1.165, 1.54) is 0 Å². The summed E-state index contributed by atoms with van der Waals surface area (Å²) < 4.78 is 5.36. The van der Waals surface area contributed by atoms with Crippen LogP contribution in [0.2, 0.25) is 0 Å². The molecule has 0 radical (unpaired) electrons. The molecule has 2 rings (SSSR count). The molecule has 0 saturated heterocycles. The summed E-state index contributed by atoms with van der Waals surface area (Å²) in [7, 11) is 0. The summed E-state index contributed by atoms with van der Waals surface area (Å²) >= 11 is 0. The molecule has 0 aliphatic heterocycles. The Morgan fingerprint density at radius 1 is 1.50 bits per heavy atom. The highest BCUT2D eigenvalue weighted by molar-refractivity contribution is 5.13. The molecule has 12 heavy (non-hydrogen) atoms. The van der Waals surface area contributed by atoms with E-state index in [2.05, 4.69) is 6.92 Å². The third-order valence-electron chi connectivity index (χ3n) is 2.73. The molecule has 1 unspecified atom stereocenters. The van der Waals surface area contributed by atoms with Gasteiger partial charge in [0.05, 0.1) is 0 Å². The second-order valence-corrected chi connectivity index (χ2v) is 4.00. The predicted octanol–water partition coefficient (Wildman–Crippen LogP) is 2.42. The average molecular weight is 166 g/mol. The van der Waals surface area contributed by atoms with Gasteiger partial charge in [-0.1, -0.05) is 6.92 Å². The van der Waals surface area contributed by atoms with Crippen molar-refractivity contribution < 1.29 is 9.52 Å². The van der Waals surface area contributed by atoms with Crippen molar-refractivity contribution in [2.75, 3.05) is 0 Å². The maximum atomic E-state index is 9.84. The van der Waals surface area contributed by atoms with Crippen LogP contribution in [0.25, 0.3) is 0 Å². The van der Waals surface area contributed by atoms with Crippen molar-refractivity contribution in [2.24, 2.45) is 5.41 Å². The molecule has 0 bridgehead atoms. The lowest BCUT2D eigenvalue weighted by atomic mass is 10.0. The molecule has 1 aromatic rings. The Kier molecular flexibility index (Phi) is 1.55. The molecular weight excluding hydrogens is 152 g/mol. The highest BCUT2D eigenvalue weighted by Gasteiger charge is 2.46. The van der Waals surface area contributed by atoms with Crippen LogP contribution in [-0.2, 0) is 0 Å². The molecule has 0 spiro atoms. The van der Waals surface area contributed by atoms with Gasteiger partial charge in [0.2, 0.25) is 0 Å². The molecule has 1 aliphatic rings. The topological polar surface area (TPSA) is 33.4 Å². The summed E-state index contributed by atoms with van der Waals surface area (Å²) in [5.74, 6) is 1.58. The number of hydrogen-bond donors (Lipinski definition) is 1. The number of hydrogen-bond acceptors (Lipinski definition) is 2. The molecule has 0 aromatic carbocycles. The van der Waals surface area contributed by atoms with E-state index in [1.807, 2.05) is 19.1 Å². The van der Waals surface area contributed by atoms with Gasteiger partial charge in [-0.15, -0.1) is 0 Å². The zero-order valence-corrected chi connectivity index (χ0v) is 7.50. The van der Waals surface area contributed by atoms with Gasteiger partial charge in [-0.05, 0) is 31.9 Å². The van der Waals surface area contributed by atoms with Gasteiger partial charge in [0.15, 0.2) is 0 Å². The van der Waals surface area contributed by atoms with E-state index in [9.17, 15) is 5.11 Å². The minimum absolute atomic E-state index is 0.0876. The van der Waals surface area contributed by atoms with Gasteiger partial charge < -0.3 is 9.52 Å². The number of aliphatic hydroxyl groups excluding tert-OH is 1. The second kappa shape index (κ2) is 2.36. The van der Waals surface area contributed by atoms with Crippen LogP contribution in [0, 0.1) is 12.3 Å². The SMILES string of the molecule is Cc1ccc(C(O)C2(C)CC2)o1. The number of aliphatic hydroxyl groups is 1. The van der Waals surface area contributed by atoms with E-state index >= 15 is 0 Å². The molecule has 0 amide bonds. The van der Waals surface area contributed by atoms with Gasteiger partial charge >= 0.3 is 0 Å². The Labute approximate surface area is 72.2 Å². The Hall–Kier alpha value is -0.760. The largest absolute Gasteiger partial charge is 0.464 e. The van der Waals surface area contributed by atoms with Crippen LogP contribution in [0.4, 0.5) is 0 Å². The Bertz CT molecular complexity index is 284. The summed E-state index contributed by atoms with van der Waals surface area (Å²) in [6.07, 6.45) is 1.80. The van der Waals surface area contributed by atoms with Crippen molar-refractivity contribution in [2.45, 2.75) is 32.8 Å². The molecule has 1 N–H and O–H groups in total. The Morgan fingerprint density at radius 2 is 2.17 bits per heavy atom. The maximum Gasteiger partial charge on any atom is 0.133 e. The van der Waals surface area contributed by atoms with E-state index in [1.54, 1.807) is 0 Å². The monoisotopic (exact) mass is 166 g/mol. The van der Waals surface area contributed by atoms with Crippen molar-refractivity contribution in [3.05, 3.63) is 23.7 Å². The third-order valence-corrected chi connectivity index (χ3v) is 2.73. The zero-order valence-electron chi connectivity index (χ0n) is 7.50. The maximum absolute atomic E-state index is 9.84. The summed E-state index contributed by atoms with van der Waals surface area (Å²) in [6, 6.07) is 3.76. The fourth-order valence-electron chi connectivity index (χ4n) is 1.41. The first-order valence-corrected chi connectivity index (χ1v) is 4.36. The lowest BCUT2D eigenvalue weighted by Crippen LogP contribution is -2.08. The van der Waals surface area contributed by atoms with Crippen LogP contribution in [0.15, 0.2) is 16.5 Å². The van der Waals surface area contributed by atoms with Crippen LogP contribution >= 0.6 is 0 Å². The number of rotatable bonds is 2. The summed E-state index contributed by atoms with van der Waals surface area (Å²) in [5.41, 5.74) is 0.0876. The molecule has 1 heterocycles. The first-order chi connectivity index (χ1) is 5.62. The molecule has 1 fully saturated rings. The Balaban J connectivity index is 2.19. The molecule has 1 atom stereocenters. The predicted molar refractivity (Wildman–Crippen MR) is 45.7 cm³/mol. The molecule has 2 heteroatoms. The fourth-order valence-corrected chi connectivity index (χ4v) is 1.41. The highest BCUT2D eigenvalue weighted by Crippen LogP contribution is 2.54. The van der Waals surface area contributed by atoms with Gasteiger partial charge in [0.25, 0.3) is 0 Å². The summed E-state index contributed by atoms with van der Waals surface area (Å²) in [5, 5.41) is 9.84. The molecule has 66 valence electrons. The molecule has 1 aromatic heterocycles. The normalized spacial score (nSPS) is 22.2. The van der Waals surface area contributed by atoms with Crippen LogP contribution in [-0.4, -0.2) is 5.11 Å². The number of aryl methyl sites for hydroxylation is 1. The molecule has 2 nitrogen and oxygen atoms in total. The fraction of sp³-hybridized carbons (Fsp3) is 0.600. The summed E-state index contributed by atoms with van der Waals surface area (Å²) in [6.45, 7) is 3.99. The smallest absolute Gasteiger partial charge is 0.133 e. The van der Waals surface area contributed by atoms with Crippen LogP contribution in [0.3, 0.4) is 0 Å². The van der Waals surface area contributed by atoms with Gasteiger partial charge in [0.1, 0.15) is 17.6 Å². The minimum atomic E-state index is -0.411. The van der Waals surface area contributed by atoms with Crippen molar-refractivity contribution in [3.63, 3.8) is 0 Å². The lowest BCUT2D eigenvalue weighted by Gasteiger charge is -2.14. The van der Waals surface area contributed by atoms with Crippen molar-refractivity contribution >= 4 is 0 Å². The van der Waals surface area contributed by atoms with Crippen molar-refractivity contribution in [3.8, 4) is 0 Å². The lowest BCUT2D eigenvalue weighted by molar-refractivity contribution is 0.0802. The van der Waals surface area contributed by atoms with Gasteiger partial charge in [-0.25, -0.2) is 0 Å². The molecule has 1 aliphatic carbocycles. The zero-order chi connectivity index (χ0) is 8.77. The van der Waals surface area contributed by atoms with E-state index in [0.717, 1.165) is 18.6 Å². The van der Waals surface area contributed by atoms with Crippen LogP contribution in [0.5, 0.6) is 0 Å². The van der Waals surface area contributed by atoms with Crippen LogP contribution in [0.1, 0.15) is 37.4 Å². The van der Waals surface area contributed by atoms with Crippen molar-refractivity contribution in [1.29, 1.82) is 0 Å². The van der Waals surface area contributed by atoms with E-state index in [-0.39, 0.29) is 5.41 Å². The Morgan fingerprint density at radius 3 is 2.58 bits per heavy atom. The van der Waals surface area contributed by atoms with Gasteiger partial charge in [-0.3, -0.25) is 0 Å². The number of furan rings is 1.